The molecule has 0 saturated carbocycles. The van der Waals surface area contributed by atoms with Gasteiger partial charge in [0, 0.05) is 6.54 Å². The number of carboxylic acids is 1. The summed E-state index contributed by atoms with van der Waals surface area (Å²) in [6.45, 7) is -1.49. The van der Waals surface area contributed by atoms with Crippen LogP contribution in [0.5, 0.6) is 0 Å². The van der Waals surface area contributed by atoms with E-state index in [1.807, 2.05) is 0 Å². The number of hydrogen-bond acceptors (Lipinski definition) is 5. The van der Waals surface area contributed by atoms with Crippen LogP contribution in [0.25, 0.3) is 0 Å². The molecule has 0 amide bonds. The average molecular weight is 250 g/mol. The fourth-order valence-electron chi connectivity index (χ4n) is 1.03. The van der Waals surface area contributed by atoms with Gasteiger partial charge in [-0.25, -0.2) is 13.6 Å². The predicted octanol–water partition coefficient (Wildman–Crippen LogP) is -0.807. The van der Waals surface area contributed by atoms with Gasteiger partial charge in [-0.05, 0) is 0 Å². The van der Waals surface area contributed by atoms with E-state index in [1.54, 1.807) is 0 Å². The number of carboxylic acid groups (broad SMARTS) is 1. The third kappa shape index (κ3) is 4.41. The monoisotopic (exact) mass is 250 g/mol. The van der Waals surface area contributed by atoms with Crippen LogP contribution >= 0.6 is 0 Å². The van der Waals surface area contributed by atoms with Gasteiger partial charge in [-0.15, -0.1) is 5.10 Å². The van der Waals surface area contributed by atoms with Crippen LogP contribution in [0.2, 0.25) is 0 Å². The molecule has 0 atom stereocenters. The van der Waals surface area contributed by atoms with E-state index in [4.69, 9.17) is 10.2 Å². The van der Waals surface area contributed by atoms with Gasteiger partial charge in [0.05, 0.1) is 19.3 Å². The van der Waals surface area contributed by atoms with Crippen molar-refractivity contribution in [2.75, 3.05) is 19.7 Å². The Morgan fingerprint density at radius 3 is 2.82 bits per heavy atom. The largest absolute Gasteiger partial charge is 0.476 e. The first kappa shape index (κ1) is 13.5. The first-order valence-electron chi connectivity index (χ1n) is 4.77. The van der Waals surface area contributed by atoms with Crippen molar-refractivity contribution >= 4 is 5.97 Å². The summed E-state index contributed by atoms with van der Waals surface area (Å²) in [5.74, 6) is -4.36. The summed E-state index contributed by atoms with van der Waals surface area (Å²) >= 11 is 0. The zero-order valence-electron chi connectivity index (χ0n) is 8.81. The van der Waals surface area contributed by atoms with E-state index in [-0.39, 0.29) is 18.8 Å². The molecule has 0 bridgehead atoms. The molecule has 9 heteroatoms. The quantitative estimate of drug-likeness (QED) is 0.547. The Balaban J connectivity index is 2.29. The summed E-state index contributed by atoms with van der Waals surface area (Å²) in [5.41, 5.74) is -0.203. The highest BCUT2D eigenvalue weighted by atomic mass is 19.3. The van der Waals surface area contributed by atoms with Gasteiger partial charge >= 0.3 is 5.97 Å². The summed E-state index contributed by atoms with van der Waals surface area (Å²) in [4.78, 5) is 10.5. The van der Waals surface area contributed by atoms with Crippen LogP contribution in [-0.2, 0) is 6.54 Å². The molecule has 1 aromatic heterocycles. The van der Waals surface area contributed by atoms with E-state index in [2.05, 4.69) is 15.6 Å². The molecule has 0 unspecified atom stereocenters. The van der Waals surface area contributed by atoms with Gasteiger partial charge in [-0.3, -0.25) is 4.68 Å². The summed E-state index contributed by atoms with van der Waals surface area (Å²) in [6.07, 6.45) is 1.20. The van der Waals surface area contributed by atoms with Crippen molar-refractivity contribution < 1.29 is 23.8 Å². The molecule has 0 saturated heterocycles. The first-order chi connectivity index (χ1) is 7.94. The maximum absolute atomic E-state index is 12.6. The molecule has 0 aliphatic heterocycles. The van der Waals surface area contributed by atoms with Crippen LogP contribution in [0.3, 0.4) is 0 Å². The number of rotatable bonds is 7. The fourth-order valence-corrected chi connectivity index (χ4v) is 1.03. The Morgan fingerprint density at radius 2 is 2.29 bits per heavy atom. The number of nitrogens with one attached hydrogen (secondary N) is 1. The molecule has 0 aromatic carbocycles. The number of aromatic carboxylic acids is 1. The standard InChI is InChI=1S/C8H12F2N4O3/c9-8(10,5-15)4-11-1-2-14-3-6(7(16)17)12-13-14/h3,11,15H,1-2,4-5H2,(H,16,17). The lowest BCUT2D eigenvalue weighted by molar-refractivity contribution is -0.0475. The van der Waals surface area contributed by atoms with Gasteiger partial charge in [-0.2, -0.15) is 0 Å². The molecule has 1 rings (SSSR count). The van der Waals surface area contributed by atoms with Crippen molar-refractivity contribution in [2.45, 2.75) is 12.5 Å². The number of carbonyl (C=O) groups is 1. The Labute approximate surface area is 95.0 Å². The molecule has 96 valence electrons. The van der Waals surface area contributed by atoms with E-state index >= 15 is 0 Å². The molecule has 0 spiro atoms. The van der Waals surface area contributed by atoms with Crippen molar-refractivity contribution in [3.8, 4) is 0 Å². The number of alkyl halides is 2. The first-order valence-corrected chi connectivity index (χ1v) is 4.77. The smallest absolute Gasteiger partial charge is 0.358 e. The second-order valence-corrected chi connectivity index (χ2v) is 3.36. The van der Waals surface area contributed by atoms with E-state index in [0.29, 0.717) is 0 Å². The SMILES string of the molecule is O=C(O)c1cn(CCNCC(F)(F)CO)nn1. The predicted molar refractivity (Wildman–Crippen MR) is 51.9 cm³/mol. The number of aliphatic hydroxyl groups is 1. The van der Waals surface area contributed by atoms with Crippen LogP contribution in [0, 0.1) is 0 Å². The van der Waals surface area contributed by atoms with Crippen molar-refractivity contribution in [2.24, 2.45) is 0 Å². The Kier molecular flexibility index (Phi) is 4.46. The van der Waals surface area contributed by atoms with Crippen molar-refractivity contribution in [3.63, 3.8) is 0 Å². The molecular weight excluding hydrogens is 238 g/mol. The summed E-state index contributed by atoms with van der Waals surface area (Å²) in [6, 6.07) is 0. The van der Waals surface area contributed by atoms with Crippen LogP contribution in [0.1, 0.15) is 10.5 Å². The van der Waals surface area contributed by atoms with Crippen molar-refractivity contribution in [1.29, 1.82) is 0 Å². The molecule has 3 N–H and O–H groups in total. The minimum absolute atomic E-state index is 0.165. The Morgan fingerprint density at radius 1 is 1.59 bits per heavy atom. The maximum Gasteiger partial charge on any atom is 0.358 e. The minimum Gasteiger partial charge on any atom is -0.476 e. The highest BCUT2D eigenvalue weighted by Crippen LogP contribution is 2.09. The second kappa shape index (κ2) is 5.64. The van der Waals surface area contributed by atoms with Gasteiger partial charge in [0.2, 0.25) is 0 Å². The molecule has 7 nitrogen and oxygen atoms in total. The van der Waals surface area contributed by atoms with E-state index in [0.717, 1.165) is 0 Å². The van der Waals surface area contributed by atoms with Gasteiger partial charge in [0.15, 0.2) is 5.69 Å². The third-order valence-electron chi connectivity index (χ3n) is 1.89. The number of aromatic nitrogens is 3. The zero-order valence-corrected chi connectivity index (χ0v) is 8.81. The number of hydrogen-bond donors (Lipinski definition) is 3. The topological polar surface area (TPSA) is 100 Å². The van der Waals surface area contributed by atoms with Gasteiger partial charge in [0.1, 0.15) is 6.61 Å². The molecule has 0 aliphatic carbocycles. The van der Waals surface area contributed by atoms with Crippen molar-refractivity contribution in [1.82, 2.24) is 20.3 Å². The summed E-state index contributed by atoms with van der Waals surface area (Å²) < 4.78 is 26.4. The third-order valence-corrected chi connectivity index (χ3v) is 1.89. The Bertz CT molecular complexity index is 383. The lowest BCUT2D eigenvalue weighted by Crippen LogP contribution is -2.37. The van der Waals surface area contributed by atoms with Gasteiger partial charge in [0.25, 0.3) is 5.92 Å². The number of aliphatic hydroxyl groups excluding tert-OH is 1. The molecular formula is C8H12F2N4O3. The minimum atomic E-state index is -3.16. The van der Waals surface area contributed by atoms with Gasteiger partial charge in [-0.1, -0.05) is 5.21 Å². The molecule has 17 heavy (non-hydrogen) atoms. The highest BCUT2D eigenvalue weighted by molar-refractivity contribution is 5.84. The molecule has 1 aromatic rings. The molecule has 1 heterocycles. The normalized spacial score (nSPS) is 11.7. The molecule has 0 radical (unpaired) electrons. The number of halogens is 2. The maximum atomic E-state index is 12.6. The average Bonchev–Trinajstić information content (AvgIpc) is 2.73. The van der Waals surface area contributed by atoms with E-state index in [1.165, 1.54) is 10.9 Å². The summed E-state index contributed by atoms with van der Waals surface area (Å²) in [7, 11) is 0. The van der Waals surface area contributed by atoms with Crippen LogP contribution in [0.15, 0.2) is 6.20 Å². The van der Waals surface area contributed by atoms with Crippen LogP contribution in [0.4, 0.5) is 8.78 Å². The zero-order chi connectivity index (χ0) is 12.9. The van der Waals surface area contributed by atoms with E-state index < -0.39 is 25.0 Å². The fraction of sp³-hybridized carbons (Fsp3) is 0.625. The van der Waals surface area contributed by atoms with Crippen molar-refractivity contribution in [3.05, 3.63) is 11.9 Å². The Hall–Kier alpha value is -1.61. The second-order valence-electron chi connectivity index (χ2n) is 3.36. The highest BCUT2D eigenvalue weighted by Gasteiger charge is 2.26. The molecule has 0 fully saturated rings. The lowest BCUT2D eigenvalue weighted by atomic mass is 10.3. The molecule has 0 aliphatic rings. The van der Waals surface area contributed by atoms with Gasteiger partial charge < -0.3 is 15.5 Å². The summed E-state index contributed by atoms with van der Waals surface area (Å²) in [5, 5.41) is 26.1. The van der Waals surface area contributed by atoms with E-state index in [9.17, 15) is 13.6 Å². The number of nitrogens with zero attached hydrogens (tertiary/aromatic N) is 3. The lowest BCUT2D eigenvalue weighted by Gasteiger charge is -2.13. The van der Waals surface area contributed by atoms with Crippen LogP contribution < -0.4 is 5.32 Å². The van der Waals surface area contributed by atoms with Crippen LogP contribution in [-0.4, -0.2) is 56.8 Å².